The number of rotatable bonds is 3. The molecule has 0 aromatic carbocycles. The van der Waals surface area contributed by atoms with Gasteiger partial charge >= 0.3 is 0 Å². The van der Waals surface area contributed by atoms with E-state index < -0.39 is 0 Å². The Hall–Kier alpha value is -0.0800. The van der Waals surface area contributed by atoms with Crippen LogP contribution < -0.4 is 5.32 Å². The smallest absolute Gasteiger partial charge is 0.00798 e. The monoisotopic (exact) mass is 224 g/mol. The number of nitrogens with zero attached hydrogens (tertiary/aromatic N) is 1. The number of likely N-dealkylation sites (tertiary alicyclic amines) is 1. The van der Waals surface area contributed by atoms with Gasteiger partial charge in [-0.1, -0.05) is 13.3 Å². The molecule has 0 spiro atoms. The van der Waals surface area contributed by atoms with Crippen LogP contribution in [0.15, 0.2) is 0 Å². The lowest BCUT2D eigenvalue weighted by Crippen LogP contribution is -2.33. The Morgan fingerprint density at radius 1 is 1.12 bits per heavy atom. The molecule has 1 heterocycles. The molecular weight excluding hydrogens is 196 g/mol. The highest BCUT2D eigenvalue weighted by atomic mass is 15.1. The molecule has 2 nitrogen and oxygen atoms in total. The first-order valence-corrected chi connectivity index (χ1v) is 7.16. The molecule has 1 N–H and O–H groups in total. The Morgan fingerprint density at radius 2 is 2.00 bits per heavy atom. The Balaban J connectivity index is 1.65. The van der Waals surface area contributed by atoms with E-state index in [1.807, 2.05) is 0 Å². The first-order valence-electron chi connectivity index (χ1n) is 7.16. The normalized spacial score (nSPS) is 37.5. The van der Waals surface area contributed by atoms with E-state index in [1.165, 1.54) is 58.2 Å². The number of hydrogen-bond acceptors (Lipinski definition) is 2. The second kappa shape index (κ2) is 6.02. The number of hydrogen-bond donors (Lipinski definition) is 1. The maximum absolute atomic E-state index is 3.82. The van der Waals surface area contributed by atoms with Crippen molar-refractivity contribution < 1.29 is 0 Å². The zero-order valence-corrected chi connectivity index (χ0v) is 11.0. The van der Waals surface area contributed by atoms with E-state index in [0.717, 1.165) is 17.9 Å². The quantitative estimate of drug-likeness (QED) is 0.792. The van der Waals surface area contributed by atoms with Crippen LogP contribution in [-0.2, 0) is 0 Å². The van der Waals surface area contributed by atoms with Crippen LogP contribution >= 0.6 is 0 Å². The van der Waals surface area contributed by atoms with Gasteiger partial charge in [0.2, 0.25) is 0 Å². The van der Waals surface area contributed by atoms with E-state index in [4.69, 9.17) is 0 Å². The fraction of sp³-hybridized carbons (Fsp3) is 1.00. The van der Waals surface area contributed by atoms with Gasteiger partial charge in [-0.25, -0.2) is 0 Å². The van der Waals surface area contributed by atoms with Crippen molar-refractivity contribution in [1.29, 1.82) is 0 Å². The van der Waals surface area contributed by atoms with Crippen LogP contribution in [0.1, 0.15) is 45.4 Å². The summed E-state index contributed by atoms with van der Waals surface area (Å²) in [5.74, 6) is 1.95. The van der Waals surface area contributed by atoms with Crippen LogP contribution in [0, 0.1) is 11.8 Å². The lowest BCUT2D eigenvalue weighted by molar-refractivity contribution is 0.340. The van der Waals surface area contributed by atoms with Crippen molar-refractivity contribution in [2.45, 2.75) is 51.5 Å². The van der Waals surface area contributed by atoms with Gasteiger partial charge in [-0.05, 0) is 70.6 Å². The van der Waals surface area contributed by atoms with Crippen LogP contribution in [0.4, 0.5) is 0 Å². The van der Waals surface area contributed by atoms with Gasteiger partial charge in [-0.3, -0.25) is 0 Å². The Kier molecular flexibility index (Phi) is 4.66. The molecule has 2 aliphatic rings. The molecule has 0 aromatic rings. The molecule has 0 aromatic heterocycles. The fourth-order valence-corrected chi connectivity index (χ4v) is 3.29. The first-order chi connectivity index (χ1) is 7.74. The maximum atomic E-state index is 3.82. The first kappa shape index (κ1) is 12.4. The van der Waals surface area contributed by atoms with Crippen molar-refractivity contribution in [3.05, 3.63) is 0 Å². The predicted molar refractivity (Wildman–Crippen MR) is 69.6 cm³/mol. The highest BCUT2D eigenvalue weighted by molar-refractivity contribution is 4.78. The summed E-state index contributed by atoms with van der Waals surface area (Å²) in [6.07, 6.45) is 8.47. The number of nitrogens with one attached hydrogen (secondary N) is 1. The maximum Gasteiger partial charge on any atom is 0.00798 e. The third-order valence-corrected chi connectivity index (χ3v) is 4.45. The molecule has 1 aliphatic carbocycles. The van der Waals surface area contributed by atoms with Crippen molar-refractivity contribution in [3.8, 4) is 0 Å². The third-order valence-electron chi connectivity index (χ3n) is 4.45. The molecule has 0 bridgehead atoms. The van der Waals surface area contributed by atoms with Crippen molar-refractivity contribution in [1.82, 2.24) is 10.2 Å². The summed E-state index contributed by atoms with van der Waals surface area (Å²) in [5.41, 5.74) is 0. The van der Waals surface area contributed by atoms with E-state index in [1.54, 1.807) is 0 Å². The topological polar surface area (TPSA) is 15.3 Å². The highest BCUT2D eigenvalue weighted by Gasteiger charge is 2.22. The molecule has 3 atom stereocenters. The predicted octanol–water partition coefficient (Wildman–Crippen LogP) is 2.50. The second-order valence-electron chi connectivity index (χ2n) is 6.12. The van der Waals surface area contributed by atoms with Gasteiger partial charge in [-0.15, -0.1) is 0 Å². The largest absolute Gasteiger partial charge is 0.314 e. The summed E-state index contributed by atoms with van der Waals surface area (Å²) in [6, 6.07) is 0.792. The SMILES string of the molecule is CC1CCC(CNC2CCCN(C)CC2)C1. The molecule has 16 heavy (non-hydrogen) atoms. The Labute approximate surface area is 101 Å². The van der Waals surface area contributed by atoms with E-state index in [2.05, 4.69) is 24.2 Å². The van der Waals surface area contributed by atoms with Crippen molar-refractivity contribution in [2.75, 3.05) is 26.7 Å². The standard InChI is InChI=1S/C14H28N2/c1-12-5-6-13(10-12)11-15-14-4-3-8-16(2)9-7-14/h12-15H,3-11H2,1-2H3. The van der Waals surface area contributed by atoms with Gasteiger partial charge in [0.15, 0.2) is 0 Å². The Bertz CT molecular complexity index is 205. The summed E-state index contributed by atoms with van der Waals surface area (Å²) >= 11 is 0. The molecule has 0 radical (unpaired) electrons. The van der Waals surface area contributed by atoms with E-state index in [0.29, 0.717) is 0 Å². The molecule has 1 saturated heterocycles. The molecular formula is C14H28N2. The second-order valence-corrected chi connectivity index (χ2v) is 6.12. The van der Waals surface area contributed by atoms with Crippen LogP contribution in [0.25, 0.3) is 0 Å². The lowest BCUT2D eigenvalue weighted by atomic mass is 10.0. The fourth-order valence-electron chi connectivity index (χ4n) is 3.29. The minimum absolute atomic E-state index is 0.792. The van der Waals surface area contributed by atoms with Gasteiger partial charge in [0.25, 0.3) is 0 Å². The van der Waals surface area contributed by atoms with Gasteiger partial charge < -0.3 is 10.2 Å². The minimum Gasteiger partial charge on any atom is -0.314 e. The van der Waals surface area contributed by atoms with E-state index in [9.17, 15) is 0 Å². The van der Waals surface area contributed by atoms with Gasteiger partial charge in [0.05, 0.1) is 0 Å². The Morgan fingerprint density at radius 3 is 2.75 bits per heavy atom. The lowest BCUT2D eigenvalue weighted by Gasteiger charge is -2.19. The zero-order chi connectivity index (χ0) is 11.4. The summed E-state index contributed by atoms with van der Waals surface area (Å²) < 4.78 is 0. The van der Waals surface area contributed by atoms with Crippen molar-refractivity contribution in [2.24, 2.45) is 11.8 Å². The summed E-state index contributed by atoms with van der Waals surface area (Å²) in [4.78, 5) is 2.47. The minimum atomic E-state index is 0.792. The van der Waals surface area contributed by atoms with Gasteiger partial charge in [0.1, 0.15) is 0 Å². The molecule has 2 fully saturated rings. The summed E-state index contributed by atoms with van der Waals surface area (Å²) in [5, 5.41) is 3.82. The summed E-state index contributed by atoms with van der Waals surface area (Å²) in [7, 11) is 2.25. The zero-order valence-electron chi connectivity index (χ0n) is 11.0. The third kappa shape index (κ3) is 3.74. The van der Waals surface area contributed by atoms with Crippen LogP contribution in [0.2, 0.25) is 0 Å². The molecule has 1 saturated carbocycles. The molecule has 0 amide bonds. The molecule has 94 valence electrons. The molecule has 3 unspecified atom stereocenters. The van der Waals surface area contributed by atoms with Crippen molar-refractivity contribution >= 4 is 0 Å². The average molecular weight is 224 g/mol. The van der Waals surface area contributed by atoms with Crippen LogP contribution in [0.3, 0.4) is 0 Å². The highest BCUT2D eigenvalue weighted by Crippen LogP contribution is 2.29. The molecule has 2 rings (SSSR count). The van der Waals surface area contributed by atoms with Gasteiger partial charge in [0, 0.05) is 6.04 Å². The average Bonchev–Trinajstić information content (AvgIpc) is 2.56. The summed E-state index contributed by atoms with van der Waals surface area (Å²) in [6.45, 7) is 6.25. The van der Waals surface area contributed by atoms with Crippen LogP contribution in [0.5, 0.6) is 0 Å². The molecule has 1 aliphatic heterocycles. The van der Waals surface area contributed by atoms with Gasteiger partial charge in [-0.2, -0.15) is 0 Å². The van der Waals surface area contributed by atoms with E-state index in [-0.39, 0.29) is 0 Å². The molecule has 2 heteroatoms. The van der Waals surface area contributed by atoms with Crippen LogP contribution in [-0.4, -0.2) is 37.6 Å². The van der Waals surface area contributed by atoms with E-state index >= 15 is 0 Å². The van der Waals surface area contributed by atoms with Crippen molar-refractivity contribution in [3.63, 3.8) is 0 Å².